The van der Waals surface area contributed by atoms with Crippen molar-refractivity contribution in [2.24, 2.45) is 0 Å². The number of benzene rings is 3. The fourth-order valence-corrected chi connectivity index (χ4v) is 7.49. The number of hydrogen-bond acceptors (Lipinski definition) is 11. The van der Waals surface area contributed by atoms with E-state index in [1.165, 1.54) is 6.07 Å². The van der Waals surface area contributed by atoms with Gasteiger partial charge < -0.3 is 40.6 Å². The van der Waals surface area contributed by atoms with Crippen LogP contribution >= 0.6 is 0 Å². The molecule has 3 aromatic rings. The number of carbonyl (C=O) groups excluding carboxylic acids is 2. The Bertz CT molecular complexity index is 1690. The van der Waals surface area contributed by atoms with Gasteiger partial charge >= 0.3 is 59.1 Å². The van der Waals surface area contributed by atoms with Gasteiger partial charge in [0.25, 0.3) is 10.1 Å². The molecule has 0 fully saturated rings. The molecule has 47 heavy (non-hydrogen) atoms. The number of fused-ring (bicyclic) bond motifs is 1. The second-order valence-electron chi connectivity index (χ2n) is 11.9. The standard InChI is InChI=1S/C33H40N2O9S.2Na/c1-17(2)21-11-26(19(5)23(31(21)40)13-34-15-29(36)37)33(25-9-7-8-10-28(25)45(42,43)44-33)27-12-22(18(3)4)32(41)24(20(27)6)14-35-16-30(38)39;;/h7-12,17-18,34-35,40-41H,13-16H2,1-6H3,(H,36,37)(H,38,39);;/q;2*+1/p-2. The first-order chi connectivity index (χ1) is 21.0. The number of nitrogens with one attached hydrogen (secondary N) is 2. The van der Waals surface area contributed by atoms with Gasteiger partial charge in [0.2, 0.25) is 0 Å². The van der Waals surface area contributed by atoms with Crippen LogP contribution in [-0.4, -0.2) is 43.7 Å². The summed E-state index contributed by atoms with van der Waals surface area (Å²) in [5.74, 6) is -3.23. The normalized spacial score (nSPS) is 14.4. The number of aliphatic carboxylic acids is 2. The van der Waals surface area contributed by atoms with E-state index < -0.39 is 40.7 Å². The number of hydrogen-bond donors (Lipinski definition) is 4. The van der Waals surface area contributed by atoms with E-state index in [-0.39, 0.29) is 100 Å². The predicted octanol–water partition coefficient (Wildman–Crippen LogP) is -4.34. The number of carbonyl (C=O) groups is 2. The minimum atomic E-state index is -4.34. The van der Waals surface area contributed by atoms with Crippen LogP contribution in [0.3, 0.4) is 0 Å². The van der Waals surface area contributed by atoms with Crippen molar-refractivity contribution in [2.45, 2.75) is 77.0 Å². The van der Waals surface area contributed by atoms with Gasteiger partial charge in [-0.1, -0.05) is 45.9 Å². The number of rotatable bonds is 12. The first kappa shape index (κ1) is 41.2. The zero-order chi connectivity index (χ0) is 33.4. The van der Waals surface area contributed by atoms with Gasteiger partial charge in [0.15, 0.2) is 5.60 Å². The van der Waals surface area contributed by atoms with Crippen LogP contribution in [0.25, 0.3) is 0 Å². The zero-order valence-electron chi connectivity index (χ0n) is 28.1. The van der Waals surface area contributed by atoms with E-state index in [4.69, 9.17) is 4.18 Å². The molecule has 1 aliphatic heterocycles. The SMILES string of the molecule is Cc1c(C2(c3cc(C(C)C)c(O)c(CNCC(=O)[O-])c3C)OS(=O)(=O)c3ccccc32)cc(C(C)C)c(O)c1CNCC(=O)[O-].[Na+].[Na+]. The summed E-state index contributed by atoms with van der Waals surface area (Å²) in [7, 11) is -4.34. The molecular weight excluding hydrogens is 646 g/mol. The minimum absolute atomic E-state index is 0. The second-order valence-corrected chi connectivity index (χ2v) is 13.4. The van der Waals surface area contributed by atoms with Crippen molar-refractivity contribution in [3.05, 3.63) is 86.5 Å². The smallest absolute Gasteiger partial charge is 0.549 e. The molecule has 242 valence electrons. The van der Waals surface area contributed by atoms with Gasteiger partial charge in [0, 0.05) is 42.9 Å². The molecule has 0 aromatic heterocycles. The molecule has 0 saturated carbocycles. The van der Waals surface area contributed by atoms with Crippen molar-refractivity contribution >= 4 is 22.1 Å². The Balaban J connectivity index is 0.00000384. The Morgan fingerprint density at radius 2 is 1.19 bits per heavy atom. The van der Waals surface area contributed by atoms with Crippen LogP contribution in [0.4, 0.5) is 0 Å². The molecule has 4 N–H and O–H groups in total. The Morgan fingerprint density at radius 1 is 0.787 bits per heavy atom. The van der Waals surface area contributed by atoms with Crippen LogP contribution in [0.2, 0.25) is 0 Å². The van der Waals surface area contributed by atoms with Crippen molar-refractivity contribution in [2.75, 3.05) is 13.1 Å². The Hall–Kier alpha value is -1.97. The molecule has 0 saturated heterocycles. The summed E-state index contributed by atoms with van der Waals surface area (Å²) >= 11 is 0. The second kappa shape index (κ2) is 16.2. The summed E-state index contributed by atoms with van der Waals surface area (Å²) in [6.45, 7) is 9.79. The van der Waals surface area contributed by atoms with Crippen LogP contribution in [0.15, 0.2) is 41.3 Å². The number of carboxylic acid groups (broad SMARTS) is 2. The summed E-state index contributed by atoms with van der Waals surface area (Å²) in [6.07, 6.45) is 0. The molecule has 0 spiro atoms. The van der Waals surface area contributed by atoms with Crippen molar-refractivity contribution in [3.8, 4) is 11.5 Å². The molecule has 0 bridgehead atoms. The summed E-state index contributed by atoms with van der Waals surface area (Å²) in [5, 5.41) is 50.6. The largest absolute Gasteiger partial charge is 1.00 e. The van der Waals surface area contributed by atoms with Crippen molar-refractivity contribution in [3.63, 3.8) is 0 Å². The van der Waals surface area contributed by atoms with E-state index in [9.17, 15) is 38.4 Å². The molecule has 3 aromatic carbocycles. The van der Waals surface area contributed by atoms with E-state index in [0.29, 0.717) is 50.1 Å². The van der Waals surface area contributed by atoms with E-state index in [1.807, 2.05) is 27.7 Å². The number of phenolic OH excluding ortho intramolecular Hbond substituents is 2. The molecule has 0 unspecified atom stereocenters. The Morgan fingerprint density at radius 3 is 1.57 bits per heavy atom. The first-order valence-electron chi connectivity index (χ1n) is 14.6. The quantitative estimate of drug-likeness (QED) is 0.107. The van der Waals surface area contributed by atoms with Gasteiger partial charge in [-0.2, -0.15) is 8.42 Å². The van der Waals surface area contributed by atoms with Gasteiger partial charge in [-0.3, -0.25) is 0 Å². The van der Waals surface area contributed by atoms with Crippen molar-refractivity contribution < 1.29 is 102 Å². The number of carboxylic acids is 2. The zero-order valence-corrected chi connectivity index (χ0v) is 32.9. The predicted molar refractivity (Wildman–Crippen MR) is 162 cm³/mol. The van der Waals surface area contributed by atoms with Gasteiger partial charge in [-0.05, 0) is 77.3 Å². The summed E-state index contributed by atoms with van der Waals surface area (Å²) in [5.41, 5.74) is 1.94. The van der Waals surface area contributed by atoms with Crippen LogP contribution in [0.5, 0.6) is 11.5 Å². The molecule has 0 atom stereocenters. The topological polar surface area (TPSA) is 188 Å². The van der Waals surface area contributed by atoms with Crippen molar-refractivity contribution in [1.82, 2.24) is 10.6 Å². The van der Waals surface area contributed by atoms with Gasteiger partial charge in [-0.15, -0.1) is 0 Å². The van der Waals surface area contributed by atoms with E-state index >= 15 is 0 Å². The monoisotopic (exact) mass is 684 g/mol. The number of aromatic hydroxyl groups is 2. The van der Waals surface area contributed by atoms with E-state index in [1.54, 1.807) is 44.2 Å². The summed E-state index contributed by atoms with van der Waals surface area (Å²) < 4.78 is 33.8. The van der Waals surface area contributed by atoms with Gasteiger partial charge in [0.1, 0.15) is 16.4 Å². The Labute approximate surface area is 319 Å². The summed E-state index contributed by atoms with van der Waals surface area (Å²) in [4.78, 5) is 22.3. The van der Waals surface area contributed by atoms with Crippen LogP contribution < -0.4 is 80.0 Å². The maximum Gasteiger partial charge on any atom is 1.00 e. The fourth-order valence-electron chi connectivity index (χ4n) is 6.07. The summed E-state index contributed by atoms with van der Waals surface area (Å²) in [6, 6.07) is 9.82. The van der Waals surface area contributed by atoms with E-state index in [2.05, 4.69) is 10.6 Å². The molecule has 14 heteroatoms. The van der Waals surface area contributed by atoms with Crippen LogP contribution in [0, 0.1) is 13.8 Å². The average Bonchev–Trinajstić information content (AvgIpc) is 3.19. The average molecular weight is 685 g/mol. The molecular formula is C33H38N2Na2O9S. The molecule has 0 amide bonds. The molecule has 1 aliphatic rings. The molecule has 4 rings (SSSR count). The van der Waals surface area contributed by atoms with Crippen molar-refractivity contribution in [1.29, 1.82) is 0 Å². The minimum Gasteiger partial charge on any atom is -0.549 e. The van der Waals surface area contributed by atoms with Gasteiger partial charge in [-0.25, -0.2) is 4.18 Å². The first-order valence-corrected chi connectivity index (χ1v) is 16.0. The molecule has 0 aliphatic carbocycles. The van der Waals surface area contributed by atoms with Crippen LogP contribution in [-0.2, 0) is 42.6 Å². The van der Waals surface area contributed by atoms with E-state index in [0.717, 1.165) is 0 Å². The Kier molecular flexibility index (Phi) is 14.2. The number of phenols is 2. The molecule has 1 heterocycles. The maximum absolute atomic E-state index is 13.8. The third kappa shape index (κ3) is 7.93. The van der Waals surface area contributed by atoms with Crippen LogP contribution in [0.1, 0.15) is 89.6 Å². The maximum atomic E-state index is 13.8. The molecule has 0 radical (unpaired) electrons. The fraction of sp³-hybridized carbons (Fsp3) is 0.394. The third-order valence-electron chi connectivity index (χ3n) is 8.35. The van der Waals surface area contributed by atoms with Gasteiger partial charge in [0.05, 0.1) is 11.9 Å². The molecule has 11 nitrogen and oxygen atoms in total. The third-order valence-corrected chi connectivity index (χ3v) is 9.71.